The Labute approximate surface area is 140 Å². The van der Waals surface area contributed by atoms with Crippen LogP contribution in [-0.2, 0) is 6.67 Å². The van der Waals surface area contributed by atoms with Gasteiger partial charge in [-0.05, 0) is 50.3 Å². The molecule has 6 nitrogen and oxygen atoms in total. The van der Waals surface area contributed by atoms with E-state index < -0.39 is 0 Å². The van der Waals surface area contributed by atoms with Crippen molar-refractivity contribution in [1.29, 1.82) is 0 Å². The smallest absolute Gasteiger partial charge is 0.288 e. The average Bonchev–Trinajstić information content (AvgIpc) is 2.96. The van der Waals surface area contributed by atoms with Crippen LogP contribution in [0.5, 0.6) is 11.5 Å². The second-order valence-electron chi connectivity index (χ2n) is 5.59. The molecular weight excluding hydrogens is 314 g/mol. The number of piperidine rings is 1. The Morgan fingerprint density at radius 3 is 2.35 bits per heavy atom. The molecule has 1 aliphatic heterocycles. The Bertz CT molecular complexity index is 697. The van der Waals surface area contributed by atoms with E-state index in [4.69, 9.17) is 26.1 Å². The molecule has 0 aliphatic carbocycles. The van der Waals surface area contributed by atoms with Gasteiger partial charge in [-0.1, -0.05) is 6.42 Å². The van der Waals surface area contributed by atoms with E-state index in [1.807, 2.05) is 18.2 Å². The Balaban J connectivity index is 1.86. The molecule has 0 unspecified atom stereocenters. The lowest BCUT2D eigenvalue weighted by atomic mass is 10.1. The van der Waals surface area contributed by atoms with E-state index >= 15 is 0 Å². The van der Waals surface area contributed by atoms with Crippen molar-refractivity contribution in [3.8, 4) is 23.0 Å². The molecule has 0 bridgehead atoms. The van der Waals surface area contributed by atoms with Crippen LogP contribution in [0, 0.1) is 4.84 Å². The van der Waals surface area contributed by atoms with Crippen LogP contribution in [0.15, 0.2) is 22.6 Å². The molecule has 0 radical (unpaired) electrons. The highest BCUT2D eigenvalue weighted by molar-refractivity contribution is 7.71. The van der Waals surface area contributed by atoms with Crippen LogP contribution in [0.25, 0.3) is 11.5 Å². The fourth-order valence-electron chi connectivity index (χ4n) is 2.73. The van der Waals surface area contributed by atoms with Crippen molar-refractivity contribution in [2.45, 2.75) is 25.9 Å². The lowest BCUT2D eigenvalue weighted by Gasteiger charge is -2.25. The Kier molecular flexibility index (Phi) is 4.97. The number of hydrogen-bond acceptors (Lipinski definition) is 6. The molecule has 2 heterocycles. The Hall–Kier alpha value is -1.86. The van der Waals surface area contributed by atoms with Crippen LogP contribution in [0.3, 0.4) is 0 Å². The van der Waals surface area contributed by atoms with Gasteiger partial charge >= 0.3 is 0 Å². The van der Waals surface area contributed by atoms with Gasteiger partial charge in [-0.15, -0.1) is 5.10 Å². The molecule has 1 aromatic carbocycles. The van der Waals surface area contributed by atoms with E-state index in [2.05, 4.69) is 10.00 Å². The number of rotatable bonds is 5. The highest BCUT2D eigenvalue weighted by Gasteiger charge is 2.15. The fourth-order valence-corrected chi connectivity index (χ4v) is 2.91. The first kappa shape index (κ1) is 16.0. The SMILES string of the molecule is COc1cc(OC)cc(-c2nn(CN3CCCCC3)c(=S)o2)c1. The van der Waals surface area contributed by atoms with Gasteiger partial charge in [-0.25, -0.2) is 4.68 Å². The predicted molar refractivity (Wildman–Crippen MR) is 89.3 cm³/mol. The minimum absolute atomic E-state index is 0.382. The Morgan fingerprint density at radius 1 is 1.09 bits per heavy atom. The molecule has 2 aromatic rings. The minimum atomic E-state index is 0.382. The van der Waals surface area contributed by atoms with Crippen LogP contribution in [-0.4, -0.2) is 42.0 Å². The van der Waals surface area contributed by atoms with Crippen molar-refractivity contribution < 1.29 is 13.9 Å². The third-order valence-electron chi connectivity index (χ3n) is 3.99. The maximum absolute atomic E-state index is 5.67. The van der Waals surface area contributed by atoms with E-state index in [1.54, 1.807) is 18.9 Å². The lowest BCUT2D eigenvalue weighted by molar-refractivity contribution is 0.170. The second-order valence-corrected chi connectivity index (χ2v) is 5.94. The number of nitrogens with zero attached hydrogens (tertiary/aromatic N) is 3. The number of hydrogen-bond donors (Lipinski definition) is 0. The van der Waals surface area contributed by atoms with Crippen molar-refractivity contribution in [2.75, 3.05) is 27.3 Å². The molecule has 0 atom stereocenters. The van der Waals surface area contributed by atoms with Crippen LogP contribution >= 0.6 is 12.2 Å². The maximum atomic E-state index is 5.67. The molecule has 0 spiro atoms. The first-order valence-corrected chi connectivity index (χ1v) is 8.14. The summed E-state index contributed by atoms with van der Waals surface area (Å²) in [5.41, 5.74) is 0.782. The van der Waals surface area contributed by atoms with E-state index in [0.717, 1.165) is 18.7 Å². The summed E-state index contributed by atoms with van der Waals surface area (Å²) in [5, 5.41) is 4.52. The van der Waals surface area contributed by atoms with E-state index in [0.29, 0.717) is 28.9 Å². The summed E-state index contributed by atoms with van der Waals surface area (Å²) in [6, 6.07) is 5.52. The number of methoxy groups -OCH3 is 2. The van der Waals surface area contributed by atoms with Crippen molar-refractivity contribution >= 4 is 12.2 Å². The topological polar surface area (TPSA) is 52.7 Å². The van der Waals surface area contributed by atoms with Gasteiger partial charge in [0, 0.05) is 11.6 Å². The molecular formula is C16H21N3O3S. The molecule has 3 rings (SSSR count). The van der Waals surface area contributed by atoms with Gasteiger partial charge < -0.3 is 13.9 Å². The summed E-state index contributed by atoms with van der Waals surface area (Å²) in [5.74, 6) is 1.85. The standard InChI is InChI=1S/C16H21N3O3S/c1-20-13-8-12(9-14(10-13)21-2)15-17-19(16(23)22-15)11-18-6-4-3-5-7-18/h8-10H,3-7,11H2,1-2H3. The summed E-state index contributed by atoms with van der Waals surface area (Å²) in [6.07, 6.45) is 3.76. The average molecular weight is 335 g/mol. The quantitative estimate of drug-likeness (QED) is 0.781. The van der Waals surface area contributed by atoms with Crippen molar-refractivity contribution in [2.24, 2.45) is 0 Å². The van der Waals surface area contributed by atoms with Crippen molar-refractivity contribution in [1.82, 2.24) is 14.7 Å². The summed E-state index contributed by atoms with van der Waals surface area (Å²) in [4.78, 5) is 2.73. The zero-order valence-electron chi connectivity index (χ0n) is 13.4. The number of ether oxygens (including phenoxy) is 2. The van der Waals surface area contributed by atoms with E-state index in [9.17, 15) is 0 Å². The highest BCUT2D eigenvalue weighted by atomic mass is 32.1. The maximum Gasteiger partial charge on any atom is 0.288 e. The molecule has 124 valence electrons. The van der Waals surface area contributed by atoms with Gasteiger partial charge in [0.05, 0.1) is 20.9 Å². The fraction of sp³-hybridized carbons (Fsp3) is 0.500. The van der Waals surface area contributed by atoms with Crippen molar-refractivity contribution in [3.05, 3.63) is 23.0 Å². The largest absolute Gasteiger partial charge is 0.497 e. The number of likely N-dealkylation sites (tertiary alicyclic amines) is 1. The third kappa shape index (κ3) is 3.73. The zero-order valence-corrected chi connectivity index (χ0v) is 14.3. The molecule has 0 amide bonds. The first-order chi connectivity index (χ1) is 11.2. The Morgan fingerprint density at radius 2 is 1.74 bits per heavy atom. The third-order valence-corrected chi connectivity index (χ3v) is 4.28. The molecule has 7 heteroatoms. The molecule has 1 fully saturated rings. The van der Waals surface area contributed by atoms with Crippen LogP contribution in [0.4, 0.5) is 0 Å². The number of benzene rings is 1. The molecule has 0 saturated carbocycles. The monoisotopic (exact) mass is 335 g/mol. The van der Waals surface area contributed by atoms with Gasteiger partial charge in [0.1, 0.15) is 11.5 Å². The van der Waals surface area contributed by atoms with Gasteiger partial charge in [-0.2, -0.15) is 0 Å². The van der Waals surface area contributed by atoms with Gasteiger partial charge in [0.15, 0.2) is 0 Å². The molecule has 1 aliphatic rings. The summed E-state index contributed by atoms with van der Waals surface area (Å²) >= 11 is 5.31. The normalized spacial score (nSPS) is 15.6. The number of aromatic nitrogens is 2. The van der Waals surface area contributed by atoms with E-state index in [-0.39, 0.29) is 0 Å². The van der Waals surface area contributed by atoms with Crippen LogP contribution < -0.4 is 9.47 Å². The van der Waals surface area contributed by atoms with Gasteiger partial charge in [0.25, 0.3) is 4.84 Å². The summed E-state index contributed by atoms with van der Waals surface area (Å²) in [7, 11) is 3.23. The van der Waals surface area contributed by atoms with Crippen LogP contribution in [0.2, 0.25) is 0 Å². The predicted octanol–water partition coefficient (Wildman–Crippen LogP) is 3.33. The second kappa shape index (κ2) is 7.14. The molecule has 0 N–H and O–H groups in total. The van der Waals surface area contributed by atoms with Crippen LogP contribution in [0.1, 0.15) is 19.3 Å². The van der Waals surface area contributed by atoms with Gasteiger partial charge in [-0.3, -0.25) is 4.90 Å². The van der Waals surface area contributed by atoms with Gasteiger partial charge in [0.2, 0.25) is 5.89 Å². The van der Waals surface area contributed by atoms with Crippen molar-refractivity contribution in [3.63, 3.8) is 0 Å². The highest BCUT2D eigenvalue weighted by Crippen LogP contribution is 2.29. The minimum Gasteiger partial charge on any atom is -0.497 e. The summed E-state index contributed by atoms with van der Waals surface area (Å²) in [6.45, 7) is 2.83. The van der Waals surface area contributed by atoms with E-state index in [1.165, 1.54) is 19.3 Å². The molecule has 1 aromatic heterocycles. The first-order valence-electron chi connectivity index (χ1n) is 7.73. The summed E-state index contributed by atoms with van der Waals surface area (Å²) < 4.78 is 18.0. The lowest BCUT2D eigenvalue weighted by Crippen LogP contribution is -2.32. The zero-order chi connectivity index (χ0) is 16.2. The molecule has 1 saturated heterocycles. The molecule has 23 heavy (non-hydrogen) atoms.